The standard InChI is InChI=1S/C18H29NOS/c1-14(2)19-12-16-7-9-18(10-8-16)21-13-17(20)11-15-5-3-4-6-15/h7-10,14-15,17,19-20H,3-6,11-13H2,1-2H3. The second-order valence-electron chi connectivity index (χ2n) is 6.53. The van der Waals surface area contributed by atoms with Crippen LogP contribution in [0.15, 0.2) is 29.2 Å². The minimum absolute atomic E-state index is 0.152. The lowest BCUT2D eigenvalue weighted by atomic mass is 10.0. The lowest BCUT2D eigenvalue weighted by Gasteiger charge is -2.15. The molecule has 0 aromatic heterocycles. The summed E-state index contributed by atoms with van der Waals surface area (Å²) >= 11 is 1.77. The second-order valence-corrected chi connectivity index (χ2v) is 7.62. The Hall–Kier alpha value is -0.510. The van der Waals surface area contributed by atoms with E-state index in [-0.39, 0.29) is 6.10 Å². The van der Waals surface area contributed by atoms with Gasteiger partial charge in [-0.1, -0.05) is 51.7 Å². The Kier molecular flexibility index (Phi) is 7.08. The maximum absolute atomic E-state index is 10.1. The highest BCUT2D eigenvalue weighted by Crippen LogP contribution is 2.30. The average Bonchev–Trinajstić information content (AvgIpc) is 2.97. The van der Waals surface area contributed by atoms with Crippen molar-refractivity contribution in [3.63, 3.8) is 0 Å². The van der Waals surface area contributed by atoms with E-state index in [4.69, 9.17) is 0 Å². The van der Waals surface area contributed by atoms with Crippen LogP contribution < -0.4 is 5.32 Å². The zero-order chi connectivity index (χ0) is 15.1. The van der Waals surface area contributed by atoms with Gasteiger partial charge in [-0.2, -0.15) is 0 Å². The Morgan fingerprint density at radius 2 is 1.86 bits per heavy atom. The molecule has 3 heteroatoms. The molecule has 1 aromatic carbocycles. The van der Waals surface area contributed by atoms with Crippen molar-refractivity contribution >= 4 is 11.8 Å². The molecule has 1 aromatic rings. The minimum atomic E-state index is -0.152. The third-order valence-electron chi connectivity index (χ3n) is 4.16. The molecule has 1 aliphatic carbocycles. The summed E-state index contributed by atoms with van der Waals surface area (Å²) in [7, 11) is 0. The van der Waals surface area contributed by atoms with E-state index in [1.807, 2.05) is 0 Å². The van der Waals surface area contributed by atoms with E-state index in [1.54, 1.807) is 11.8 Å². The zero-order valence-corrected chi connectivity index (χ0v) is 14.2. The van der Waals surface area contributed by atoms with Gasteiger partial charge in [0.15, 0.2) is 0 Å². The van der Waals surface area contributed by atoms with Crippen LogP contribution in [-0.4, -0.2) is 23.0 Å². The molecule has 2 nitrogen and oxygen atoms in total. The fourth-order valence-electron chi connectivity index (χ4n) is 2.92. The Bertz CT molecular complexity index is 398. The average molecular weight is 308 g/mol. The van der Waals surface area contributed by atoms with E-state index in [0.717, 1.165) is 24.6 Å². The molecule has 0 radical (unpaired) electrons. The molecule has 0 saturated heterocycles. The van der Waals surface area contributed by atoms with E-state index in [2.05, 4.69) is 43.4 Å². The number of thioether (sulfide) groups is 1. The van der Waals surface area contributed by atoms with E-state index >= 15 is 0 Å². The molecule has 0 heterocycles. The summed E-state index contributed by atoms with van der Waals surface area (Å²) < 4.78 is 0. The van der Waals surface area contributed by atoms with Crippen LogP contribution in [0.4, 0.5) is 0 Å². The first-order valence-corrected chi connectivity index (χ1v) is 9.25. The first kappa shape index (κ1) is 16.9. The summed E-state index contributed by atoms with van der Waals surface area (Å²) in [5.74, 6) is 1.59. The largest absolute Gasteiger partial charge is 0.392 e. The van der Waals surface area contributed by atoms with Crippen LogP contribution in [-0.2, 0) is 6.54 Å². The van der Waals surface area contributed by atoms with Gasteiger partial charge in [0.2, 0.25) is 0 Å². The van der Waals surface area contributed by atoms with Gasteiger partial charge in [0.1, 0.15) is 0 Å². The fraction of sp³-hybridized carbons (Fsp3) is 0.667. The first-order valence-electron chi connectivity index (χ1n) is 8.26. The fourth-order valence-corrected chi connectivity index (χ4v) is 3.77. The van der Waals surface area contributed by atoms with Crippen molar-refractivity contribution in [2.24, 2.45) is 5.92 Å². The molecule has 0 bridgehead atoms. The van der Waals surface area contributed by atoms with Crippen LogP contribution in [0, 0.1) is 5.92 Å². The highest BCUT2D eigenvalue weighted by molar-refractivity contribution is 7.99. The minimum Gasteiger partial charge on any atom is -0.392 e. The number of hydrogen-bond acceptors (Lipinski definition) is 3. The van der Waals surface area contributed by atoms with Crippen molar-refractivity contribution in [1.29, 1.82) is 0 Å². The number of nitrogens with one attached hydrogen (secondary N) is 1. The van der Waals surface area contributed by atoms with Gasteiger partial charge in [-0.15, -0.1) is 11.8 Å². The third kappa shape index (κ3) is 6.41. The molecule has 0 aliphatic heterocycles. The lowest BCUT2D eigenvalue weighted by Crippen LogP contribution is -2.21. The summed E-state index contributed by atoms with van der Waals surface area (Å²) in [4.78, 5) is 1.26. The molecule has 1 atom stereocenters. The van der Waals surface area contributed by atoms with Gasteiger partial charge < -0.3 is 10.4 Å². The molecule has 2 rings (SSSR count). The van der Waals surface area contributed by atoms with Crippen molar-refractivity contribution in [1.82, 2.24) is 5.32 Å². The van der Waals surface area contributed by atoms with Crippen LogP contribution in [0.3, 0.4) is 0 Å². The van der Waals surface area contributed by atoms with Crippen LogP contribution >= 0.6 is 11.8 Å². The van der Waals surface area contributed by atoms with Gasteiger partial charge in [-0.25, -0.2) is 0 Å². The Morgan fingerprint density at radius 1 is 1.19 bits per heavy atom. The van der Waals surface area contributed by atoms with Crippen LogP contribution in [0.25, 0.3) is 0 Å². The van der Waals surface area contributed by atoms with Gasteiger partial charge >= 0.3 is 0 Å². The Balaban J connectivity index is 1.70. The maximum Gasteiger partial charge on any atom is 0.0636 e. The number of benzene rings is 1. The van der Waals surface area contributed by atoms with E-state index < -0.39 is 0 Å². The molecular formula is C18H29NOS. The van der Waals surface area contributed by atoms with Crippen LogP contribution in [0.1, 0.15) is 51.5 Å². The van der Waals surface area contributed by atoms with Crippen molar-refractivity contribution < 1.29 is 5.11 Å². The molecule has 1 fully saturated rings. The summed E-state index contributed by atoms with van der Waals surface area (Å²) in [6.07, 6.45) is 6.19. The number of rotatable bonds is 8. The second kappa shape index (κ2) is 8.82. The molecule has 2 N–H and O–H groups in total. The van der Waals surface area contributed by atoms with Gasteiger partial charge in [0.05, 0.1) is 6.10 Å². The number of aliphatic hydroxyl groups excluding tert-OH is 1. The molecule has 118 valence electrons. The normalized spacial score (nSPS) is 17.5. The predicted octanol–water partition coefficient (Wildman–Crippen LogP) is 4.22. The van der Waals surface area contributed by atoms with Gasteiger partial charge in [-0.3, -0.25) is 0 Å². The van der Waals surface area contributed by atoms with E-state index in [9.17, 15) is 5.11 Å². The topological polar surface area (TPSA) is 32.3 Å². The van der Waals surface area contributed by atoms with Crippen LogP contribution in [0.5, 0.6) is 0 Å². The summed E-state index contributed by atoms with van der Waals surface area (Å²) in [6.45, 7) is 5.25. The van der Waals surface area contributed by atoms with Crippen molar-refractivity contribution in [2.45, 2.75) is 69.5 Å². The van der Waals surface area contributed by atoms with Crippen molar-refractivity contribution in [3.05, 3.63) is 29.8 Å². The SMILES string of the molecule is CC(C)NCc1ccc(SCC(O)CC2CCCC2)cc1. The van der Waals surface area contributed by atoms with Gasteiger partial charge in [0, 0.05) is 23.2 Å². The van der Waals surface area contributed by atoms with Crippen LogP contribution in [0.2, 0.25) is 0 Å². The first-order chi connectivity index (χ1) is 10.1. The molecule has 21 heavy (non-hydrogen) atoms. The van der Waals surface area contributed by atoms with Gasteiger partial charge in [-0.05, 0) is 30.0 Å². The van der Waals surface area contributed by atoms with Gasteiger partial charge in [0.25, 0.3) is 0 Å². The summed E-state index contributed by atoms with van der Waals surface area (Å²) in [6, 6.07) is 9.22. The Labute approximate surface area is 133 Å². The molecule has 1 saturated carbocycles. The quantitative estimate of drug-likeness (QED) is 0.705. The molecule has 0 spiro atoms. The molecule has 0 amide bonds. The number of aliphatic hydroxyl groups is 1. The predicted molar refractivity (Wildman–Crippen MR) is 91.7 cm³/mol. The zero-order valence-electron chi connectivity index (χ0n) is 13.3. The summed E-state index contributed by atoms with van der Waals surface area (Å²) in [5.41, 5.74) is 1.32. The molecule has 1 aliphatic rings. The smallest absolute Gasteiger partial charge is 0.0636 e. The third-order valence-corrected chi connectivity index (χ3v) is 5.32. The molecule has 1 unspecified atom stereocenters. The Morgan fingerprint density at radius 3 is 2.48 bits per heavy atom. The lowest BCUT2D eigenvalue weighted by molar-refractivity contribution is 0.166. The molecular weight excluding hydrogens is 278 g/mol. The summed E-state index contributed by atoms with van der Waals surface area (Å²) in [5, 5.41) is 13.6. The monoisotopic (exact) mass is 307 g/mol. The maximum atomic E-state index is 10.1. The van der Waals surface area contributed by atoms with E-state index in [0.29, 0.717) is 6.04 Å². The highest BCUT2D eigenvalue weighted by Gasteiger charge is 2.18. The van der Waals surface area contributed by atoms with Crippen molar-refractivity contribution in [2.75, 3.05) is 5.75 Å². The van der Waals surface area contributed by atoms with E-state index in [1.165, 1.54) is 36.1 Å². The number of hydrogen-bond donors (Lipinski definition) is 2. The highest BCUT2D eigenvalue weighted by atomic mass is 32.2. The van der Waals surface area contributed by atoms with Crippen molar-refractivity contribution in [3.8, 4) is 0 Å².